The van der Waals surface area contributed by atoms with Gasteiger partial charge in [0.15, 0.2) is 1.61 Å². The second-order valence-electron chi connectivity index (χ2n) is 1.24. The molecule has 0 aromatic rings. The third-order valence-corrected chi connectivity index (χ3v) is 1.02. The first-order valence-corrected chi connectivity index (χ1v) is 4.24. The molecular weight excluding hydrogens is 318 g/mol. The first-order valence-electron chi connectivity index (χ1n) is 2.08. The van der Waals surface area contributed by atoms with Crippen molar-refractivity contribution in [2.75, 3.05) is 6.61 Å². The van der Waals surface area contributed by atoms with Crippen molar-refractivity contribution in [1.29, 1.82) is 0 Å². The van der Waals surface area contributed by atoms with Gasteiger partial charge in [0.1, 0.15) is 0 Å². The maximum Gasteiger partial charge on any atom is 0.166 e. The average Bonchev–Trinajstić information content (AvgIpc) is 1.30. The SMILES string of the molecule is CCOC(C)(I)I. The molecule has 0 radical (unpaired) electrons. The van der Waals surface area contributed by atoms with Gasteiger partial charge >= 0.3 is 0 Å². The Bertz CT molecular complexity index is 48.1. The highest BCUT2D eigenvalue weighted by Crippen LogP contribution is 2.27. The Morgan fingerprint density at radius 1 is 1.57 bits per heavy atom. The molecule has 0 fully saturated rings. The summed E-state index contributed by atoms with van der Waals surface area (Å²) in [5.41, 5.74) is 0. The zero-order valence-electron chi connectivity index (χ0n) is 4.37. The molecule has 7 heavy (non-hydrogen) atoms. The van der Waals surface area contributed by atoms with Crippen molar-refractivity contribution in [3.05, 3.63) is 0 Å². The minimum atomic E-state index is -0.00965. The Kier molecular flexibility index (Phi) is 4.15. The van der Waals surface area contributed by atoms with E-state index in [-0.39, 0.29) is 1.61 Å². The minimum absolute atomic E-state index is 0.00965. The molecular formula is C4H8I2O. The van der Waals surface area contributed by atoms with Gasteiger partial charge in [-0.05, 0) is 59.0 Å². The smallest absolute Gasteiger partial charge is 0.166 e. The summed E-state index contributed by atoms with van der Waals surface area (Å²) in [6, 6.07) is 0. The highest BCUT2D eigenvalue weighted by Gasteiger charge is 2.11. The van der Waals surface area contributed by atoms with Gasteiger partial charge in [0.25, 0.3) is 0 Å². The second kappa shape index (κ2) is 3.45. The van der Waals surface area contributed by atoms with Crippen LogP contribution in [0.25, 0.3) is 0 Å². The number of hydrogen-bond acceptors (Lipinski definition) is 1. The van der Waals surface area contributed by atoms with E-state index in [4.69, 9.17) is 4.74 Å². The van der Waals surface area contributed by atoms with E-state index in [0.29, 0.717) is 0 Å². The van der Waals surface area contributed by atoms with Crippen LogP contribution in [0.4, 0.5) is 0 Å². The molecule has 0 aliphatic carbocycles. The van der Waals surface area contributed by atoms with E-state index in [0.717, 1.165) is 6.61 Å². The van der Waals surface area contributed by atoms with Crippen molar-refractivity contribution < 1.29 is 4.74 Å². The van der Waals surface area contributed by atoms with Crippen LogP contribution in [0, 0.1) is 0 Å². The van der Waals surface area contributed by atoms with Gasteiger partial charge in [0.05, 0.1) is 0 Å². The van der Waals surface area contributed by atoms with Crippen molar-refractivity contribution in [3.8, 4) is 0 Å². The molecule has 44 valence electrons. The molecule has 0 rings (SSSR count). The Morgan fingerprint density at radius 2 is 2.00 bits per heavy atom. The Hall–Kier alpha value is 1.42. The lowest BCUT2D eigenvalue weighted by molar-refractivity contribution is 0.137. The van der Waals surface area contributed by atoms with Gasteiger partial charge < -0.3 is 4.74 Å². The quantitative estimate of drug-likeness (QED) is 0.560. The molecule has 1 nitrogen and oxygen atoms in total. The molecule has 0 atom stereocenters. The van der Waals surface area contributed by atoms with Gasteiger partial charge in [-0.3, -0.25) is 0 Å². The normalized spacial score (nSPS) is 12.0. The molecule has 0 heterocycles. The van der Waals surface area contributed by atoms with Gasteiger partial charge in [-0.15, -0.1) is 0 Å². The number of rotatable bonds is 2. The third kappa shape index (κ3) is 7.42. The van der Waals surface area contributed by atoms with E-state index < -0.39 is 0 Å². The van der Waals surface area contributed by atoms with Crippen LogP contribution in [0.15, 0.2) is 0 Å². The third-order valence-electron chi connectivity index (χ3n) is 0.398. The number of halogens is 2. The summed E-state index contributed by atoms with van der Waals surface area (Å²) in [5.74, 6) is 0. The summed E-state index contributed by atoms with van der Waals surface area (Å²) in [5, 5.41) is 0. The largest absolute Gasteiger partial charge is 0.356 e. The zero-order chi connectivity index (χ0) is 5.91. The van der Waals surface area contributed by atoms with E-state index in [2.05, 4.69) is 45.2 Å². The number of hydrogen-bond donors (Lipinski definition) is 0. The van der Waals surface area contributed by atoms with Crippen LogP contribution in [-0.2, 0) is 4.74 Å². The molecule has 0 unspecified atom stereocenters. The lowest BCUT2D eigenvalue weighted by Gasteiger charge is -2.12. The van der Waals surface area contributed by atoms with E-state index in [1.807, 2.05) is 13.8 Å². The van der Waals surface area contributed by atoms with Crippen LogP contribution < -0.4 is 0 Å². The summed E-state index contributed by atoms with van der Waals surface area (Å²) in [7, 11) is 0. The molecule has 0 amide bonds. The molecule has 0 aromatic heterocycles. The van der Waals surface area contributed by atoms with Crippen LogP contribution in [0.5, 0.6) is 0 Å². The van der Waals surface area contributed by atoms with Crippen LogP contribution >= 0.6 is 45.2 Å². The van der Waals surface area contributed by atoms with E-state index in [9.17, 15) is 0 Å². The standard InChI is InChI=1S/C4H8I2O/c1-3-7-4(2,5)6/h3H2,1-2H3. The van der Waals surface area contributed by atoms with Crippen molar-refractivity contribution in [2.24, 2.45) is 0 Å². The fourth-order valence-corrected chi connectivity index (χ4v) is 0.876. The molecule has 0 spiro atoms. The van der Waals surface area contributed by atoms with Gasteiger partial charge in [-0.2, -0.15) is 0 Å². The van der Waals surface area contributed by atoms with E-state index >= 15 is 0 Å². The summed E-state index contributed by atoms with van der Waals surface area (Å²) < 4.78 is 5.19. The first-order chi connectivity index (χ1) is 3.06. The van der Waals surface area contributed by atoms with E-state index in [1.54, 1.807) is 0 Å². The number of ether oxygens (including phenoxy) is 1. The Labute approximate surface area is 71.5 Å². The first kappa shape index (κ1) is 8.42. The summed E-state index contributed by atoms with van der Waals surface area (Å²) in [4.78, 5) is 0. The topological polar surface area (TPSA) is 9.23 Å². The Balaban J connectivity index is 3.15. The van der Waals surface area contributed by atoms with Gasteiger partial charge in [0, 0.05) is 6.61 Å². The van der Waals surface area contributed by atoms with Crippen LogP contribution in [-0.4, -0.2) is 8.22 Å². The fourth-order valence-electron chi connectivity index (χ4n) is 0.253. The van der Waals surface area contributed by atoms with Crippen LogP contribution in [0.3, 0.4) is 0 Å². The summed E-state index contributed by atoms with van der Waals surface area (Å²) >= 11 is 4.48. The van der Waals surface area contributed by atoms with Crippen molar-refractivity contribution in [1.82, 2.24) is 0 Å². The lowest BCUT2D eigenvalue weighted by Crippen LogP contribution is -2.08. The minimum Gasteiger partial charge on any atom is -0.356 e. The molecule has 0 N–H and O–H groups in total. The van der Waals surface area contributed by atoms with Crippen LogP contribution in [0.1, 0.15) is 13.8 Å². The second-order valence-corrected chi connectivity index (χ2v) is 7.42. The highest BCUT2D eigenvalue weighted by molar-refractivity contribution is 14.2. The molecule has 0 aromatic carbocycles. The van der Waals surface area contributed by atoms with Crippen molar-refractivity contribution in [2.45, 2.75) is 15.5 Å². The maximum atomic E-state index is 5.20. The number of alkyl halides is 2. The molecule has 0 aliphatic heterocycles. The monoisotopic (exact) mass is 326 g/mol. The predicted molar refractivity (Wildman–Crippen MR) is 48.1 cm³/mol. The summed E-state index contributed by atoms with van der Waals surface area (Å²) in [6.45, 7) is 4.82. The molecule has 0 saturated heterocycles. The van der Waals surface area contributed by atoms with Crippen molar-refractivity contribution >= 4 is 45.2 Å². The molecule has 0 aliphatic rings. The van der Waals surface area contributed by atoms with Gasteiger partial charge in [0.2, 0.25) is 0 Å². The van der Waals surface area contributed by atoms with E-state index in [1.165, 1.54) is 0 Å². The highest BCUT2D eigenvalue weighted by atomic mass is 127. The molecule has 0 bridgehead atoms. The Morgan fingerprint density at radius 3 is 2.00 bits per heavy atom. The fraction of sp³-hybridized carbons (Fsp3) is 1.00. The molecule has 0 saturated carbocycles. The summed E-state index contributed by atoms with van der Waals surface area (Å²) in [6.07, 6.45) is 0. The van der Waals surface area contributed by atoms with Gasteiger partial charge in [-0.25, -0.2) is 0 Å². The predicted octanol–water partition coefficient (Wildman–Crippen LogP) is 2.57. The van der Waals surface area contributed by atoms with Gasteiger partial charge in [-0.1, -0.05) is 0 Å². The average molecular weight is 326 g/mol. The van der Waals surface area contributed by atoms with Crippen LogP contribution in [0.2, 0.25) is 0 Å². The zero-order valence-corrected chi connectivity index (χ0v) is 8.69. The lowest BCUT2D eigenvalue weighted by atomic mass is 10.8. The maximum absolute atomic E-state index is 5.20. The van der Waals surface area contributed by atoms with Crippen molar-refractivity contribution in [3.63, 3.8) is 0 Å². The molecule has 3 heteroatoms.